The van der Waals surface area contributed by atoms with E-state index in [1.165, 1.54) is 28.4 Å². The lowest BCUT2D eigenvalue weighted by atomic mass is 9.69. The summed E-state index contributed by atoms with van der Waals surface area (Å²) in [5.41, 5.74) is 3.66. The highest BCUT2D eigenvalue weighted by Gasteiger charge is 2.36. The molecule has 1 unspecified atom stereocenters. The van der Waals surface area contributed by atoms with Gasteiger partial charge in [-0.1, -0.05) is 12.1 Å². The van der Waals surface area contributed by atoms with Crippen LogP contribution in [0.4, 0.5) is 0 Å². The molecule has 0 aliphatic rings. The third-order valence-electron chi connectivity index (χ3n) is 7.26. The van der Waals surface area contributed by atoms with Gasteiger partial charge in [-0.15, -0.1) is 0 Å². The molecule has 3 rings (SSSR count). The number of aliphatic hydroxyl groups excluding tert-OH is 2. The fraction of sp³-hybridized carbons (Fsp3) is 0.419. The second kappa shape index (κ2) is 14.5. The summed E-state index contributed by atoms with van der Waals surface area (Å²) >= 11 is 0. The summed E-state index contributed by atoms with van der Waals surface area (Å²) < 4.78 is 16.1. The fourth-order valence-electron chi connectivity index (χ4n) is 5.12. The number of hydrogen-bond acceptors (Lipinski definition) is 10. The zero-order chi connectivity index (χ0) is 30.2. The topological polar surface area (TPSA) is 147 Å². The Morgan fingerprint density at radius 2 is 0.927 bits per heavy atom. The maximum Gasteiger partial charge on any atom is 0.207 e. The van der Waals surface area contributed by atoms with Gasteiger partial charge in [-0.3, -0.25) is 0 Å². The van der Waals surface area contributed by atoms with E-state index in [2.05, 4.69) is 0 Å². The molecule has 10 nitrogen and oxygen atoms in total. The van der Waals surface area contributed by atoms with Crippen molar-refractivity contribution in [3.8, 4) is 23.0 Å². The second-order valence-electron chi connectivity index (χ2n) is 9.89. The monoisotopic (exact) mass is 572 g/mol. The Bertz CT molecular complexity index is 1080. The van der Waals surface area contributed by atoms with Crippen LogP contribution in [0, 0.1) is 0 Å². The molecule has 5 N–H and O–H groups in total. The standard InChI is InChI=1S/C31H40O10/c1-31(24-10-19(6-8-32)28(34)20(11-24)7-9-33,25-12-21(16-37-2)29(35)22(13-25)17-38-3)26-14-23(18-39-4)30(36)27(15-26)41-40-5/h10-15,32-36H,6-9,16-18H2,1-5H3. The van der Waals surface area contributed by atoms with Crippen LogP contribution in [0.25, 0.3) is 0 Å². The van der Waals surface area contributed by atoms with Gasteiger partial charge in [0.2, 0.25) is 5.75 Å². The van der Waals surface area contributed by atoms with Crippen molar-refractivity contribution in [2.24, 2.45) is 0 Å². The Kier molecular flexibility index (Phi) is 11.4. The average Bonchev–Trinajstić information content (AvgIpc) is 2.95. The molecule has 3 aromatic carbocycles. The van der Waals surface area contributed by atoms with E-state index in [0.29, 0.717) is 33.4 Å². The molecule has 0 saturated carbocycles. The number of aromatic hydroxyl groups is 3. The lowest BCUT2D eigenvalue weighted by Gasteiger charge is -2.34. The van der Waals surface area contributed by atoms with Crippen molar-refractivity contribution in [2.45, 2.75) is 45.0 Å². The lowest BCUT2D eigenvalue weighted by Crippen LogP contribution is -2.27. The highest BCUT2D eigenvalue weighted by atomic mass is 17.2. The molecule has 224 valence electrons. The number of aliphatic hydroxyl groups is 2. The van der Waals surface area contributed by atoms with Crippen molar-refractivity contribution in [2.75, 3.05) is 41.7 Å². The molecular formula is C31H40O10. The Balaban J connectivity index is 2.50. The summed E-state index contributed by atoms with van der Waals surface area (Å²) in [4.78, 5) is 10.2. The lowest BCUT2D eigenvalue weighted by molar-refractivity contribution is -0.179. The van der Waals surface area contributed by atoms with E-state index in [4.69, 9.17) is 24.0 Å². The summed E-state index contributed by atoms with van der Waals surface area (Å²) in [6, 6.07) is 10.7. The first-order valence-electron chi connectivity index (χ1n) is 13.2. The van der Waals surface area contributed by atoms with Crippen LogP contribution in [-0.4, -0.2) is 67.2 Å². The number of phenols is 3. The minimum Gasteiger partial charge on any atom is -0.507 e. The number of ether oxygens (including phenoxy) is 3. The zero-order valence-electron chi connectivity index (χ0n) is 24.2. The number of methoxy groups -OCH3 is 3. The molecule has 0 aromatic heterocycles. The molecule has 41 heavy (non-hydrogen) atoms. The van der Waals surface area contributed by atoms with Gasteiger partial charge in [-0.2, -0.15) is 4.89 Å². The van der Waals surface area contributed by atoms with Crippen LogP contribution in [0.5, 0.6) is 23.0 Å². The van der Waals surface area contributed by atoms with Crippen molar-refractivity contribution in [3.63, 3.8) is 0 Å². The minimum atomic E-state index is -1.01. The summed E-state index contributed by atoms with van der Waals surface area (Å²) in [7, 11) is 5.92. The number of rotatable bonds is 15. The Labute approximate surface area is 240 Å². The van der Waals surface area contributed by atoms with Crippen molar-refractivity contribution in [1.29, 1.82) is 0 Å². The first-order chi connectivity index (χ1) is 19.7. The van der Waals surface area contributed by atoms with Gasteiger partial charge < -0.3 is 44.6 Å². The SMILES string of the molecule is COCc1cc(C(C)(c2cc(CCO)c(O)c(CCO)c2)c2cc(COC)c(O)c(OOC)c2)cc(COC)c1O. The summed E-state index contributed by atoms with van der Waals surface area (Å²) in [6.45, 7) is 1.93. The van der Waals surface area contributed by atoms with E-state index in [9.17, 15) is 25.5 Å². The summed E-state index contributed by atoms with van der Waals surface area (Å²) in [6.07, 6.45) is 0.381. The number of benzene rings is 3. The summed E-state index contributed by atoms with van der Waals surface area (Å²) in [5, 5.41) is 52.3. The van der Waals surface area contributed by atoms with E-state index < -0.39 is 5.41 Å². The molecule has 0 aliphatic carbocycles. The molecule has 0 saturated heterocycles. The number of phenolic OH excluding ortho intramolecular Hbond substituents is 3. The van der Waals surface area contributed by atoms with Crippen LogP contribution >= 0.6 is 0 Å². The van der Waals surface area contributed by atoms with Gasteiger partial charge in [0.15, 0.2) is 5.75 Å². The Hall–Kier alpha value is -3.38. The van der Waals surface area contributed by atoms with Gasteiger partial charge in [0.25, 0.3) is 0 Å². The van der Waals surface area contributed by atoms with E-state index in [1.807, 2.05) is 31.2 Å². The minimum absolute atomic E-state index is 0.0132. The molecule has 0 aliphatic heterocycles. The zero-order valence-corrected chi connectivity index (χ0v) is 24.2. The molecule has 0 radical (unpaired) electrons. The van der Waals surface area contributed by atoms with Crippen molar-refractivity contribution < 1.29 is 49.5 Å². The van der Waals surface area contributed by atoms with Crippen LogP contribution < -0.4 is 4.89 Å². The smallest absolute Gasteiger partial charge is 0.207 e. The van der Waals surface area contributed by atoms with Gasteiger partial charge >= 0.3 is 0 Å². The fourth-order valence-corrected chi connectivity index (χ4v) is 5.12. The van der Waals surface area contributed by atoms with Crippen LogP contribution in [0.1, 0.15) is 51.4 Å². The molecule has 0 spiro atoms. The second-order valence-corrected chi connectivity index (χ2v) is 9.89. The molecule has 1 atom stereocenters. The number of hydrogen-bond donors (Lipinski definition) is 5. The quantitative estimate of drug-likeness (QED) is 0.104. The average molecular weight is 573 g/mol. The summed E-state index contributed by atoms with van der Waals surface area (Å²) in [5.74, 6) is 0.000354. The van der Waals surface area contributed by atoms with E-state index in [1.54, 1.807) is 12.1 Å². The molecule has 3 aromatic rings. The first kappa shape index (κ1) is 32.1. The van der Waals surface area contributed by atoms with Gasteiger partial charge in [0, 0.05) is 56.6 Å². The van der Waals surface area contributed by atoms with Crippen molar-refractivity contribution in [3.05, 3.63) is 80.9 Å². The van der Waals surface area contributed by atoms with Crippen LogP contribution in [-0.2, 0) is 57.2 Å². The van der Waals surface area contributed by atoms with Crippen molar-refractivity contribution in [1.82, 2.24) is 0 Å². The van der Waals surface area contributed by atoms with Crippen LogP contribution in [0.3, 0.4) is 0 Å². The van der Waals surface area contributed by atoms with Crippen LogP contribution in [0.2, 0.25) is 0 Å². The Morgan fingerprint density at radius 3 is 1.32 bits per heavy atom. The van der Waals surface area contributed by atoms with Gasteiger partial charge in [-0.25, -0.2) is 0 Å². The highest BCUT2D eigenvalue weighted by molar-refractivity contribution is 5.60. The van der Waals surface area contributed by atoms with Crippen molar-refractivity contribution >= 4 is 0 Å². The normalized spacial score (nSPS) is 12.9. The molecule has 0 fully saturated rings. The third kappa shape index (κ3) is 6.75. The largest absolute Gasteiger partial charge is 0.507 e. The van der Waals surface area contributed by atoms with Gasteiger partial charge in [-0.05, 0) is 71.8 Å². The molecule has 10 heteroatoms. The third-order valence-corrected chi connectivity index (χ3v) is 7.26. The van der Waals surface area contributed by atoms with Gasteiger partial charge in [0.1, 0.15) is 11.5 Å². The molecule has 0 heterocycles. The van der Waals surface area contributed by atoms with Gasteiger partial charge in [0.05, 0.1) is 26.9 Å². The van der Waals surface area contributed by atoms with E-state index >= 15 is 0 Å². The Morgan fingerprint density at radius 1 is 0.561 bits per heavy atom. The maximum atomic E-state index is 11.0. The predicted octanol–water partition coefficient (Wildman–Crippen LogP) is 3.61. The maximum absolute atomic E-state index is 11.0. The molecule has 0 amide bonds. The molecular weight excluding hydrogens is 532 g/mol. The van der Waals surface area contributed by atoms with Crippen LogP contribution in [0.15, 0.2) is 36.4 Å². The van der Waals surface area contributed by atoms with E-state index in [0.717, 1.165) is 11.1 Å². The highest BCUT2D eigenvalue weighted by Crippen LogP contribution is 2.46. The van der Waals surface area contributed by atoms with E-state index in [-0.39, 0.29) is 68.9 Å². The first-order valence-corrected chi connectivity index (χ1v) is 13.2. The predicted molar refractivity (Wildman–Crippen MR) is 151 cm³/mol. The molecule has 0 bridgehead atoms.